The van der Waals surface area contributed by atoms with E-state index in [2.05, 4.69) is 26.6 Å². The molecule has 0 spiro atoms. The molecule has 1 fully saturated rings. The van der Waals surface area contributed by atoms with Crippen LogP contribution in [0.4, 0.5) is 11.5 Å². The molecule has 1 aromatic heterocycles. The highest BCUT2D eigenvalue weighted by molar-refractivity contribution is 7.92. The van der Waals surface area contributed by atoms with Crippen LogP contribution in [0.3, 0.4) is 0 Å². The van der Waals surface area contributed by atoms with Crippen molar-refractivity contribution in [2.24, 2.45) is 0 Å². The van der Waals surface area contributed by atoms with Crippen LogP contribution in [0.1, 0.15) is 0 Å². The summed E-state index contributed by atoms with van der Waals surface area (Å²) >= 11 is 5.97. The van der Waals surface area contributed by atoms with Gasteiger partial charge >= 0.3 is 0 Å². The second kappa shape index (κ2) is 6.96. The molecule has 0 unspecified atom stereocenters. The summed E-state index contributed by atoms with van der Waals surface area (Å²) in [5.41, 5.74) is 0.410. The van der Waals surface area contributed by atoms with Crippen molar-refractivity contribution in [1.82, 2.24) is 9.88 Å². The van der Waals surface area contributed by atoms with E-state index in [0.717, 1.165) is 32.0 Å². The van der Waals surface area contributed by atoms with Gasteiger partial charge in [-0.2, -0.15) is 0 Å². The second-order valence-electron chi connectivity index (χ2n) is 5.73. The first-order valence-electron chi connectivity index (χ1n) is 7.62. The number of piperazine rings is 1. The van der Waals surface area contributed by atoms with E-state index in [1.54, 1.807) is 24.3 Å². The van der Waals surface area contributed by atoms with Crippen molar-refractivity contribution < 1.29 is 8.42 Å². The van der Waals surface area contributed by atoms with E-state index < -0.39 is 10.0 Å². The molecular formula is C16H19ClN4O2S. The lowest BCUT2D eigenvalue weighted by molar-refractivity contribution is 0.312. The minimum absolute atomic E-state index is 0.0508. The third kappa shape index (κ3) is 3.80. The number of hydrogen-bond donors (Lipinski definition) is 1. The molecule has 0 saturated carbocycles. The van der Waals surface area contributed by atoms with Crippen molar-refractivity contribution in [3.63, 3.8) is 0 Å². The van der Waals surface area contributed by atoms with Gasteiger partial charge in [0.25, 0.3) is 10.0 Å². The van der Waals surface area contributed by atoms with Crippen molar-refractivity contribution in [3.05, 3.63) is 47.6 Å². The number of likely N-dealkylation sites (N-methyl/N-ethyl adjacent to an activating group) is 1. The quantitative estimate of drug-likeness (QED) is 0.899. The lowest BCUT2D eigenvalue weighted by Crippen LogP contribution is -2.44. The monoisotopic (exact) mass is 366 g/mol. The predicted molar refractivity (Wildman–Crippen MR) is 96.2 cm³/mol. The first-order chi connectivity index (χ1) is 11.5. The summed E-state index contributed by atoms with van der Waals surface area (Å²) in [6.07, 6.45) is 1.53. The van der Waals surface area contributed by atoms with Gasteiger partial charge in [0.15, 0.2) is 0 Å². The van der Waals surface area contributed by atoms with E-state index in [4.69, 9.17) is 11.6 Å². The smallest absolute Gasteiger partial charge is 0.263 e. The first-order valence-corrected chi connectivity index (χ1v) is 9.49. The van der Waals surface area contributed by atoms with Gasteiger partial charge in [-0.3, -0.25) is 4.72 Å². The first kappa shape index (κ1) is 17.0. The van der Waals surface area contributed by atoms with Gasteiger partial charge in [-0.05, 0) is 31.3 Å². The molecule has 1 aliphatic heterocycles. The van der Waals surface area contributed by atoms with E-state index in [1.165, 1.54) is 12.3 Å². The predicted octanol–water partition coefficient (Wildman–Crippen LogP) is 2.29. The Hall–Kier alpha value is -1.83. The Labute approximate surface area is 147 Å². The Morgan fingerprint density at radius 2 is 1.79 bits per heavy atom. The molecule has 1 saturated heterocycles. The number of hydrogen-bond acceptors (Lipinski definition) is 5. The van der Waals surface area contributed by atoms with Gasteiger partial charge < -0.3 is 9.80 Å². The summed E-state index contributed by atoms with van der Waals surface area (Å²) in [6, 6.07) is 9.88. The molecule has 0 aliphatic carbocycles. The Balaban J connectivity index is 1.73. The fraction of sp³-hybridized carbons (Fsp3) is 0.312. The van der Waals surface area contributed by atoms with Crippen molar-refractivity contribution in [2.45, 2.75) is 4.90 Å². The zero-order valence-electron chi connectivity index (χ0n) is 13.3. The highest BCUT2D eigenvalue weighted by Crippen LogP contribution is 2.24. The molecule has 0 atom stereocenters. The number of benzene rings is 1. The SMILES string of the molecule is CN1CCN(c2ccc(NS(=O)(=O)c3ccccc3Cl)cn2)CC1. The Kier molecular flexibility index (Phi) is 4.93. The lowest BCUT2D eigenvalue weighted by atomic mass is 10.3. The molecule has 6 nitrogen and oxygen atoms in total. The number of aromatic nitrogens is 1. The average Bonchev–Trinajstić information content (AvgIpc) is 2.56. The molecule has 1 aromatic carbocycles. The highest BCUT2D eigenvalue weighted by Gasteiger charge is 2.18. The largest absolute Gasteiger partial charge is 0.354 e. The van der Waals surface area contributed by atoms with Crippen molar-refractivity contribution in [1.29, 1.82) is 0 Å². The average molecular weight is 367 g/mol. The Morgan fingerprint density at radius 3 is 2.42 bits per heavy atom. The maximum Gasteiger partial charge on any atom is 0.263 e. The van der Waals surface area contributed by atoms with Crippen LogP contribution in [-0.2, 0) is 10.0 Å². The third-order valence-electron chi connectivity index (χ3n) is 3.95. The zero-order chi connectivity index (χ0) is 17.2. The van der Waals surface area contributed by atoms with Gasteiger partial charge in [-0.25, -0.2) is 13.4 Å². The van der Waals surface area contributed by atoms with Crippen LogP contribution < -0.4 is 9.62 Å². The standard InChI is InChI=1S/C16H19ClN4O2S/c1-20-8-10-21(11-9-20)16-7-6-13(12-18-16)19-24(22,23)15-5-3-2-4-14(15)17/h2-7,12,19H,8-11H2,1H3. The normalized spacial score (nSPS) is 16.2. The summed E-state index contributed by atoms with van der Waals surface area (Å²) in [4.78, 5) is 8.88. The highest BCUT2D eigenvalue weighted by atomic mass is 35.5. The van der Waals surface area contributed by atoms with Crippen LogP contribution in [-0.4, -0.2) is 51.5 Å². The number of halogens is 1. The molecule has 0 bridgehead atoms. The summed E-state index contributed by atoms with van der Waals surface area (Å²) in [7, 11) is -1.64. The van der Waals surface area contributed by atoms with Crippen LogP contribution in [0, 0.1) is 0 Å². The number of nitrogens with one attached hydrogen (secondary N) is 1. The lowest BCUT2D eigenvalue weighted by Gasteiger charge is -2.33. The van der Waals surface area contributed by atoms with Gasteiger partial charge in [-0.1, -0.05) is 23.7 Å². The van der Waals surface area contributed by atoms with Gasteiger partial charge in [0.1, 0.15) is 10.7 Å². The van der Waals surface area contributed by atoms with Gasteiger partial charge in [0, 0.05) is 26.2 Å². The minimum Gasteiger partial charge on any atom is -0.354 e. The van der Waals surface area contributed by atoms with Crippen LogP contribution in [0.2, 0.25) is 5.02 Å². The summed E-state index contributed by atoms with van der Waals surface area (Å²) < 4.78 is 27.3. The van der Waals surface area contributed by atoms with Crippen LogP contribution in [0.5, 0.6) is 0 Å². The van der Waals surface area contributed by atoms with E-state index >= 15 is 0 Å². The Bertz CT molecular complexity index is 803. The molecule has 1 N–H and O–H groups in total. The Morgan fingerprint density at radius 1 is 1.08 bits per heavy atom. The second-order valence-corrected chi connectivity index (χ2v) is 7.79. The number of pyridine rings is 1. The van der Waals surface area contributed by atoms with Crippen molar-refractivity contribution in [2.75, 3.05) is 42.8 Å². The third-order valence-corrected chi connectivity index (χ3v) is 5.83. The fourth-order valence-corrected chi connectivity index (χ4v) is 4.11. The van der Waals surface area contributed by atoms with Crippen molar-refractivity contribution >= 4 is 33.1 Å². The van der Waals surface area contributed by atoms with E-state index in [-0.39, 0.29) is 9.92 Å². The fourth-order valence-electron chi connectivity index (χ4n) is 2.54. The summed E-state index contributed by atoms with van der Waals surface area (Å²) in [5.74, 6) is 0.851. The summed E-state index contributed by atoms with van der Waals surface area (Å²) in [5, 5.41) is 0.187. The van der Waals surface area contributed by atoms with Crippen LogP contribution >= 0.6 is 11.6 Å². The molecular weight excluding hydrogens is 348 g/mol. The summed E-state index contributed by atoms with van der Waals surface area (Å²) in [6.45, 7) is 3.80. The maximum absolute atomic E-state index is 12.4. The van der Waals surface area contributed by atoms with E-state index in [1.807, 2.05) is 6.07 Å². The number of rotatable bonds is 4. The zero-order valence-corrected chi connectivity index (χ0v) is 14.9. The molecule has 128 valence electrons. The van der Waals surface area contributed by atoms with Gasteiger partial charge in [0.2, 0.25) is 0 Å². The van der Waals surface area contributed by atoms with Gasteiger partial charge in [0.05, 0.1) is 16.9 Å². The maximum atomic E-state index is 12.4. The van der Waals surface area contributed by atoms with Gasteiger partial charge in [-0.15, -0.1) is 0 Å². The molecule has 0 radical (unpaired) electrons. The van der Waals surface area contributed by atoms with Crippen LogP contribution in [0.15, 0.2) is 47.5 Å². The molecule has 0 amide bonds. The molecule has 24 heavy (non-hydrogen) atoms. The van der Waals surface area contributed by atoms with E-state index in [0.29, 0.717) is 5.69 Å². The molecule has 2 heterocycles. The van der Waals surface area contributed by atoms with E-state index in [9.17, 15) is 8.42 Å². The topological polar surface area (TPSA) is 65.5 Å². The number of nitrogens with zero attached hydrogens (tertiary/aromatic N) is 3. The number of sulfonamides is 1. The molecule has 2 aromatic rings. The van der Waals surface area contributed by atoms with Crippen molar-refractivity contribution in [3.8, 4) is 0 Å². The molecule has 1 aliphatic rings. The molecule has 3 rings (SSSR count). The van der Waals surface area contributed by atoms with Crippen LogP contribution in [0.25, 0.3) is 0 Å². The molecule has 8 heteroatoms. The minimum atomic E-state index is -3.73. The number of anilines is 2.